The lowest BCUT2D eigenvalue weighted by molar-refractivity contribution is -0.142. The number of aryl methyl sites for hydroxylation is 1. The summed E-state index contributed by atoms with van der Waals surface area (Å²) in [6.07, 6.45) is 0.00462. The Morgan fingerprint density at radius 3 is 2.74 bits per heavy atom. The molecule has 5 heteroatoms. The molecule has 1 aromatic rings. The van der Waals surface area contributed by atoms with E-state index in [1.807, 2.05) is 6.92 Å². The summed E-state index contributed by atoms with van der Waals surface area (Å²) in [5.41, 5.74) is 1.38. The molecule has 4 nitrogen and oxygen atoms in total. The van der Waals surface area contributed by atoms with E-state index in [-0.39, 0.29) is 18.1 Å². The minimum absolute atomic E-state index is 0.00462. The second kappa shape index (κ2) is 4.99. The van der Waals surface area contributed by atoms with E-state index in [9.17, 15) is 19.1 Å². The summed E-state index contributed by atoms with van der Waals surface area (Å²) in [7, 11) is 0. The average molecular weight is 265 g/mol. The summed E-state index contributed by atoms with van der Waals surface area (Å²) in [5, 5.41) is 9.27. The average Bonchev–Trinajstić information content (AvgIpc) is 2.66. The van der Waals surface area contributed by atoms with E-state index in [4.69, 9.17) is 0 Å². The quantitative estimate of drug-likeness (QED) is 0.910. The number of aliphatic carboxylic acids is 1. The number of benzene rings is 1. The van der Waals surface area contributed by atoms with Crippen molar-refractivity contribution in [2.24, 2.45) is 5.92 Å². The van der Waals surface area contributed by atoms with Gasteiger partial charge in [0, 0.05) is 13.0 Å². The molecule has 0 aliphatic carbocycles. The second-order valence-electron chi connectivity index (χ2n) is 4.77. The van der Waals surface area contributed by atoms with Crippen LogP contribution in [0.1, 0.15) is 30.5 Å². The van der Waals surface area contributed by atoms with Crippen LogP contribution in [0.25, 0.3) is 0 Å². The molecule has 1 heterocycles. The number of rotatable bonds is 3. The molecule has 0 bridgehead atoms. The van der Waals surface area contributed by atoms with Crippen molar-refractivity contribution in [3.63, 3.8) is 0 Å². The lowest BCUT2D eigenvalue weighted by Crippen LogP contribution is -2.30. The van der Waals surface area contributed by atoms with Gasteiger partial charge in [0.1, 0.15) is 5.82 Å². The van der Waals surface area contributed by atoms with Crippen molar-refractivity contribution in [3.8, 4) is 0 Å². The SMILES string of the molecule is CCN1C(=O)CC(C(=O)O)C1c1ccc(F)cc1C. The zero-order valence-corrected chi connectivity index (χ0v) is 10.9. The summed E-state index contributed by atoms with van der Waals surface area (Å²) in [6, 6.07) is 3.74. The zero-order chi connectivity index (χ0) is 14.2. The van der Waals surface area contributed by atoms with Crippen molar-refractivity contribution >= 4 is 11.9 Å². The topological polar surface area (TPSA) is 57.6 Å². The van der Waals surface area contributed by atoms with Gasteiger partial charge in [-0.1, -0.05) is 6.07 Å². The highest BCUT2D eigenvalue weighted by Crippen LogP contribution is 2.39. The Morgan fingerprint density at radius 1 is 1.53 bits per heavy atom. The van der Waals surface area contributed by atoms with Crippen LogP contribution in [0.5, 0.6) is 0 Å². The summed E-state index contributed by atoms with van der Waals surface area (Å²) >= 11 is 0. The Kier molecular flexibility index (Phi) is 3.55. The third kappa shape index (κ3) is 2.32. The van der Waals surface area contributed by atoms with Crippen LogP contribution in [0, 0.1) is 18.7 Å². The molecule has 2 rings (SSSR count). The fraction of sp³-hybridized carbons (Fsp3) is 0.429. The van der Waals surface area contributed by atoms with Gasteiger partial charge in [-0.15, -0.1) is 0 Å². The molecular formula is C14H16FNO3. The molecule has 1 amide bonds. The van der Waals surface area contributed by atoms with Crippen molar-refractivity contribution in [2.75, 3.05) is 6.54 Å². The molecule has 0 saturated carbocycles. The highest BCUT2D eigenvalue weighted by molar-refractivity contribution is 5.87. The Balaban J connectivity index is 2.48. The van der Waals surface area contributed by atoms with E-state index in [1.165, 1.54) is 12.1 Å². The monoisotopic (exact) mass is 265 g/mol. The molecule has 19 heavy (non-hydrogen) atoms. The molecule has 0 radical (unpaired) electrons. The molecule has 2 atom stereocenters. The predicted molar refractivity (Wildman–Crippen MR) is 67.0 cm³/mol. The molecule has 0 aromatic heterocycles. The fourth-order valence-corrected chi connectivity index (χ4v) is 2.74. The van der Waals surface area contributed by atoms with E-state index < -0.39 is 17.9 Å². The predicted octanol–water partition coefficient (Wildman–Crippen LogP) is 2.13. The largest absolute Gasteiger partial charge is 0.481 e. The van der Waals surface area contributed by atoms with Crippen LogP contribution >= 0.6 is 0 Å². The number of halogens is 1. The first-order valence-electron chi connectivity index (χ1n) is 6.24. The van der Waals surface area contributed by atoms with Gasteiger partial charge in [-0.3, -0.25) is 9.59 Å². The third-order valence-corrected chi connectivity index (χ3v) is 3.64. The molecular weight excluding hydrogens is 249 g/mol. The number of carboxylic acid groups (broad SMARTS) is 1. The van der Waals surface area contributed by atoms with E-state index in [0.29, 0.717) is 17.7 Å². The first kappa shape index (κ1) is 13.5. The molecule has 1 fully saturated rings. The van der Waals surface area contributed by atoms with Crippen LogP contribution in [0.15, 0.2) is 18.2 Å². The Hall–Kier alpha value is -1.91. The zero-order valence-electron chi connectivity index (χ0n) is 10.9. The van der Waals surface area contributed by atoms with Gasteiger partial charge in [0.05, 0.1) is 12.0 Å². The summed E-state index contributed by atoms with van der Waals surface area (Å²) in [5.74, 6) is -2.28. The molecule has 2 unspecified atom stereocenters. The van der Waals surface area contributed by atoms with Gasteiger partial charge in [-0.2, -0.15) is 0 Å². The van der Waals surface area contributed by atoms with Gasteiger partial charge in [0.25, 0.3) is 0 Å². The maximum Gasteiger partial charge on any atom is 0.309 e. The number of carbonyl (C=O) groups excluding carboxylic acids is 1. The number of carboxylic acids is 1. The smallest absolute Gasteiger partial charge is 0.309 e. The summed E-state index contributed by atoms with van der Waals surface area (Å²) in [6.45, 7) is 3.99. The van der Waals surface area contributed by atoms with Crippen LogP contribution in [-0.4, -0.2) is 28.4 Å². The minimum atomic E-state index is -0.988. The lowest BCUT2D eigenvalue weighted by Gasteiger charge is -2.27. The van der Waals surface area contributed by atoms with Crippen LogP contribution in [0.3, 0.4) is 0 Å². The standard InChI is InChI=1S/C14H16FNO3/c1-3-16-12(17)7-11(14(18)19)13(16)10-5-4-9(15)6-8(10)2/h4-6,11,13H,3,7H2,1-2H3,(H,18,19). The van der Waals surface area contributed by atoms with Crippen molar-refractivity contribution in [1.82, 2.24) is 4.90 Å². The second-order valence-corrected chi connectivity index (χ2v) is 4.77. The third-order valence-electron chi connectivity index (χ3n) is 3.64. The van der Waals surface area contributed by atoms with Crippen LogP contribution in [0.2, 0.25) is 0 Å². The lowest BCUT2D eigenvalue weighted by atomic mass is 9.91. The number of amides is 1. The van der Waals surface area contributed by atoms with Gasteiger partial charge in [-0.05, 0) is 37.1 Å². The van der Waals surface area contributed by atoms with Crippen LogP contribution in [-0.2, 0) is 9.59 Å². The van der Waals surface area contributed by atoms with Crippen LogP contribution < -0.4 is 0 Å². The fourth-order valence-electron chi connectivity index (χ4n) is 2.74. The maximum absolute atomic E-state index is 13.1. The van der Waals surface area contributed by atoms with Gasteiger partial charge >= 0.3 is 5.97 Å². The molecule has 102 valence electrons. The first-order valence-corrected chi connectivity index (χ1v) is 6.24. The van der Waals surface area contributed by atoms with Crippen molar-refractivity contribution in [3.05, 3.63) is 35.1 Å². The normalized spacial score (nSPS) is 22.9. The van der Waals surface area contributed by atoms with E-state index in [0.717, 1.165) is 0 Å². The Labute approximate surface area is 110 Å². The van der Waals surface area contributed by atoms with Gasteiger partial charge in [0.15, 0.2) is 0 Å². The number of likely N-dealkylation sites (tertiary alicyclic amines) is 1. The number of nitrogens with zero attached hydrogens (tertiary/aromatic N) is 1. The molecule has 1 N–H and O–H groups in total. The molecule has 1 aliphatic rings. The Morgan fingerprint density at radius 2 is 2.21 bits per heavy atom. The van der Waals surface area contributed by atoms with Gasteiger partial charge < -0.3 is 10.0 Å². The van der Waals surface area contributed by atoms with Crippen molar-refractivity contribution in [2.45, 2.75) is 26.3 Å². The molecule has 1 saturated heterocycles. The van der Waals surface area contributed by atoms with E-state index in [1.54, 1.807) is 17.9 Å². The van der Waals surface area contributed by atoms with Crippen LogP contribution in [0.4, 0.5) is 4.39 Å². The summed E-state index contributed by atoms with van der Waals surface area (Å²) in [4.78, 5) is 24.7. The molecule has 1 aromatic carbocycles. The number of hydrogen-bond donors (Lipinski definition) is 1. The minimum Gasteiger partial charge on any atom is -0.481 e. The number of hydrogen-bond acceptors (Lipinski definition) is 2. The summed E-state index contributed by atoms with van der Waals surface area (Å²) < 4.78 is 13.1. The van der Waals surface area contributed by atoms with E-state index >= 15 is 0 Å². The van der Waals surface area contributed by atoms with Crippen molar-refractivity contribution < 1.29 is 19.1 Å². The van der Waals surface area contributed by atoms with Gasteiger partial charge in [0.2, 0.25) is 5.91 Å². The first-order chi connectivity index (χ1) is 8.95. The maximum atomic E-state index is 13.1. The molecule has 0 spiro atoms. The number of carbonyl (C=O) groups is 2. The molecule has 1 aliphatic heterocycles. The van der Waals surface area contributed by atoms with Crippen molar-refractivity contribution in [1.29, 1.82) is 0 Å². The highest BCUT2D eigenvalue weighted by atomic mass is 19.1. The van der Waals surface area contributed by atoms with Gasteiger partial charge in [-0.25, -0.2) is 4.39 Å². The highest BCUT2D eigenvalue weighted by Gasteiger charge is 2.44. The van der Waals surface area contributed by atoms with E-state index in [2.05, 4.69) is 0 Å². The Bertz CT molecular complexity index is 529.